The number of nitrogens with zero attached hydrogens (tertiary/aromatic N) is 2. The monoisotopic (exact) mass is 360 g/mol. The molecular weight excluding hydrogens is 340 g/mol. The van der Waals surface area contributed by atoms with Crippen LogP contribution in [0.4, 0.5) is 5.69 Å². The van der Waals surface area contributed by atoms with Crippen molar-refractivity contribution >= 4 is 33.4 Å². The number of hydrogen-bond donors (Lipinski definition) is 2. The van der Waals surface area contributed by atoms with Gasteiger partial charge in [0, 0.05) is 22.0 Å². The zero-order chi connectivity index (χ0) is 19.0. The molecule has 6 nitrogen and oxygen atoms in total. The highest BCUT2D eigenvalue weighted by atomic mass is 16.2. The van der Waals surface area contributed by atoms with E-state index in [1.807, 2.05) is 56.3 Å². The molecule has 0 aliphatic rings. The molecule has 0 saturated heterocycles. The number of hydrogen-bond acceptors (Lipinski definition) is 3. The zero-order valence-corrected chi connectivity index (χ0v) is 15.2. The molecule has 0 aliphatic carbocycles. The summed E-state index contributed by atoms with van der Waals surface area (Å²) < 4.78 is 1.19. The number of carbonyl (C=O) groups excluding carboxylic acids is 1. The first kappa shape index (κ1) is 17.0. The number of benzene rings is 2. The highest BCUT2D eigenvalue weighted by Gasteiger charge is 2.13. The second kappa shape index (κ2) is 6.72. The molecule has 0 aliphatic heterocycles. The summed E-state index contributed by atoms with van der Waals surface area (Å²) in [7, 11) is 0. The molecule has 0 bridgehead atoms. The topological polar surface area (TPSA) is 79.8 Å². The Morgan fingerprint density at radius 1 is 1.19 bits per heavy atom. The lowest BCUT2D eigenvalue weighted by atomic mass is 10.1. The predicted molar refractivity (Wildman–Crippen MR) is 107 cm³/mol. The fourth-order valence-electron chi connectivity index (χ4n) is 3.33. The van der Waals surface area contributed by atoms with Gasteiger partial charge in [0.25, 0.3) is 5.56 Å². The first-order chi connectivity index (χ1) is 13.1. The van der Waals surface area contributed by atoms with E-state index in [2.05, 4.69) is 15.4 Å². The van der Waals surface area contributed by atoms with Crippen LogP contribution in [0.25, 0.3) is 21.8 Å². The molecule has 0 radical (unpaired) electrons. The maximum absolute atomic E-state index is 12.8. The van der Waals surface area contributed by atoms with Gasteiger partial charge in [-0.2, -0.15) is 5.10 Å². The van der Waals surface area contributed by atoms with Gasteiger partial charge in [-0.05, 0) is 37.1 Å². The fraction of sp³-hybridized carbons (Fsp3) is 0.190. The van der Waals surface area contributed by atoms with Crippen LogP contribution in [-0.2, 0) is 17.8 Å². The van der Waals surface area contributed by atoms with Crippen molar-refractivity contribution in [3.63, 3.8) is 0 Å². The Labute approximate surface area is 155 Å². The van der Waals surface area contributed by atoms with Crippen molar-refractivity contribution in [2.24, 2.45) is 0 Å². The van der Waals surface area contributed by atoms with Gasteiger partial charge in [0.1, 0.15) is 12.1 Å². The van der Waals surface area contributed by atoms with E-state index in [0.717, 1.165) is 39.5 Å². The normalized spacial score (nSPS) is 11.2. The SMILES string of the molecule is CCc1ccccc1NC(=O)Cn1ncc2c([nH]c3ccc(C)cc32)c1=O. The summed E-state index contributed by atoms with van der Waals surface area (Å²) in [6.45, 7) is 3.90. The maximum Gasteiger partial charge on any atom is 0.291 e. The van der Waals surface area contributed by atoms with E-state index in [4.69, 9.17) is 0 Å². The molecule has 2 N–H and O–H groups in total. The lowest BCUT2D eigenvalue weighted by molar-refractivity contribution is -0.117. The molecular formula is C21H20N4O2. The molecule has 6 heteroatoms. The first-order valence-electron chi connectivity index (χ1n) is 8.92. The van der Waals surface area contributed by atoms with Crippen molar-refractivity contribution in [3.05, 3.63) is 70.1 Å². The van der Waals surface area contributed by atoms with Crippen LogP contribution in [0.15, 0.2) is 53.5 Å². The number of anilines is 1. The van der Waals surface area contributed by atoms with Crippen molar-refractivity contribution in [2.45, 2.75) is 26.8 Å². The minimum atomic E-state index is -0.305. The summed E-state index contributed by atoms with van der Waals surface area (Å²) in [6, 6.07) is 13.6. The van der Waals surface area contributed by atoms with Crippen molar-refractivity contribution < 1.29 is 4.79 Å². The van der Waals surface area contributed by atoms with Gasteiger partial charge >= 0.3 is 0 Å². The number of H-pyrrole nitrogens is 1. The molecule has 4 aromatic rings. The Bertz CT molecular complexity index is 1220. The van der Waals surface area contributed by atoms with Gasteiger partial charge in [-0.15, -0.1) is 0 Å². The Kier molecular flexibility index (Phi) is 4.24. The third-order valence-electron chi connectivity index (χ3n) is 4.73. The van der Waals surface area contributed by atoms with Crippen LogP contribution in [0.5, 0.6) is 0 Å². The smallest absolute Gasteiger partial charge is 0.291 e. The number of aromatic nitrogens is 3. The zero-order valence-electron chi connectivity index (χ0n) is 15.2. The fourth-order valence-corrected chi connectivity index (χ4v) is 3.33. The molecule has 2 heterocycles. The molecule has 2 aromatic carbocycles. The van der Waals surface area contributed by atoms with Crippen LogP contribution in [0.1, 0.15) is 18.1 Å². The number of nitrogens with one attached hydrogen (secondary N) is 2. The summed E-state index contributed by atoms with van der Waals surface area (Å²) in [5.41, 5.74) is 3.97. The molecule has 136 valence electrons. The lowest BCUT2D eigenvalue weighted by Crippen LogP contribution is -2.29. The molecule has 0 atom stereocenters. The van der Waals surface area contributed by atoms with Gasteiger partial charge in [-0.1, -0.05) is 36.8 Å². The van der Waals surface area contributed by atoms with Crippen molar-refractivity contribution in [2.75, 3.05) is 5.32 Å². The maximum atomic E-state index is 12.8. The molecule has 0 unspecified atom stereocenters. The van der Waals surface area contributed by atoms with Crippen molar-refractivity contribution in [3.8, 4) is 0 Å². The average Bonchev–Trinajstić information content (AvgIpc) is 3.03. The standard InChI is InChI=1S/C21H20N4O2/c1-3-14-6-4-5-7-17(14)23-19(26)12-25-21(27)20-16(11-22-25)15-10-13(2)8-9-18(15)24-20/h4-11,24H,3,12H2,1-2H3,(H,23,26). The van der Waals surface area contributed by atoms with Gasteiger partial charge in [0.2, 0.25) is 5.91 Å². The quantitative estimate of drug-likeness (QED) is 0.585. The summed E-state index contributed by atoms with van der Waals surface area (Å²) in [5, 5.41) is 8.81. The molecule has 0 spiro atoms. The van der Waals surface area contributed by atoms with Gasteiger partial charge < -0.3 is 10.3 Å². The third kappa shape index (κ3) is 3.10. The summed E-state index contributed by atoms with van der Waals surface area (Å²) in [5.74, 6) is -0.281. The molecule has 27 heavy (non-hydrogen) atoms. The number of carbonyl (C=O) groups is 1. The number of aromatic amines is 1. The summed E-state index contributed by atoms with van der Waals surface area (Å²) in [4.78, 5) is 28.4. The first-order valence-corrected chi connectivity index (χ1v) is 8.92. The van der Waals surface area contributed by atoms with E-state index in [-0.39, 0.29) is 18.0 Å². The average molecular weight is 360 g/mol. The Morgan fingerprint density at radius 3 is 2.81 bits per heavy atom. The van der Waals surface area contributed by atoms with E-state index >= 15 is 0 Å². The summed E-state index contributed by atoms with van der Waals surface area (Å²) in [6.07, 6.45) is 2.46. The van der Waals surface area contributed by atoms with Crippen LogP contribution in [0.3, 0.4) is 0 Å². The Balaban J connectivity index is 1.66. The Morgan fingerprint density at radius 2 is 2.00 bits per heavy atom. The second-order valence-electron chi connectivity index (χ2n) is 6.63. The number of fused-ring (bicyclic) bond motifs is 3. The van der Waals surface area contributed by atoms with Gasteiger partial charge in [0.15, 0.2) is 0 Å². The largest absolute Gasteiger partial charge is 0.350 e. The van der Waals surface area contributed by atoms with Crippen LogP contribution in [0.2, 0.25) is 0 Å². The van der Waals surface area contributed by atoms with Gasteiger partial charge in [0.05, 0.1) is 6.20 Å². The van der Waals surface area contributed by atoms with Crippen LogP contribution in [-0.4, -0.2) is 20.7 Å². The van der Waals surface area contributed by atoms with E-state index < -0.39 is 0 Å². The van der Waals surface area contributed by atoms with E-state index in [0.29, 0.717) is 5.52 Å². The Hall–Kier alpha value is -3.41. The lowest BCUT2D eigenvalue weighted by Gasteiger charge is -2.10. The van der Waals surface area contributed by atoms with E-state index in [1.165, 1.54) is 4.68 Å². The number of amides is 1. The summed E-state index contributed by atoms with van der Waals surface area (Å²) >= 11 is 0. The number of para-hydroxylation sites is 1. The second-order valence-corrected chi connectivity index (χ2v) is 6.63. The van der Waals surface area contributed by atoms with Crippen LogP contribution in [0, 0.1) is 6.92 Å². The van der Waals surface area contributed by atoms with Crippen molar-refractivity contribution in [1.29, 1.82) is 0 Å². The molecule has 0 fully saturated rings. The molecule has 4 rings (SSSR count). The molecule has 2 aromatic heterocycles. The minimum absolute atomic E-state index is 0.138. The van der Waals surface area contributed by atoms with Crippen LogP contribution < -0.4 is 10.9 Å². The van der Waals surface area contributed by atoms with Crippen molar-refractivity contribution in [1.82, 2.24) is 14.8 Å². The third-order valence-corrected chi connectivity index (χ3v) is 4.73. The highest BCUT2D eigenvalue weighted by molar-refractivity contribution is 6.06. The van der Waals surface area contributed by atoms with Crippen LogP contribution >= 0.6 is 0 Å². The number of aryl methyl sites for hydroxylation is 2. The van der Waals surface area contributed by atoms with E-state index in [9.17, 15) is 9.59 Å². The number of rotatable bonds is 4. The van der Waals surface area contributed by atoms with E-state index in [1.54, 1.807) is 6.20 Å². The molecule has 0 saturated carbocycles. The highest BCUT2D eigenvalue weighted by Crippen LogP contribution is 2.23. The molecule has 1 amide bonds. The predicted octanol–water partition coefficient (Wildman–Crippen LogP) is 3.39. The van der Waals surface area contributed by atoms with Gasteiger partial charge in [-0.25, -0.2) is 4.68 Å². The van der Waals surface area contributed by atoms with Gasteiger partial charge in [-0.3, -0.25) is 9.59 Å². The minimum Gasteiger partial charge on any atom is -0.350 e.